The van der Waals surface area contributed by atoms with Crippen molar-refractivity contribution in [3.05, 3.63) is 53.1 Å². The number of morpholine rings is 1. The van der Waals surface area contributed by atoms with Gasteiger partial charge in [0.05, 0.1) is 18.8 Å². The Morgan fingerprint density at radius 2 is 1.78 bits per heavy atom. The van der Waals surface area contributed by atoms with Gasteiger partial charge in [0.15, 0.2) is 11.5 Å². The Morgan fingerprint density at radius 3 is 2.58 bits per heavy atom. The minimum atomic E-state index is 0.00443. The molecule has 192 valence electrons. The summed E-state index contributed by atoms with van der Waals surface area (Å²) in [6.07, 6.45) is 3.30. The van der Waals surface area contributed by atoms with Crippen LogP contribution in [-0.4, -0.2) is 74.5 Å². The molecule has 2 aromatic carbocycles. The van der Waals surface area contributed by atoms with Crippen LogP contribution >= 0.6 is 0 Å². The molecule has 4 aliphatic heterocycles. The van der Waals surface area contributed by atoms with Crippen molar-refractivity contribution in [3.8, 4) is 11.5 Å². The first kappa shape index (κ1) is 23.6. The number of ether oxygens (including phenoxy) is 3. The summed E-state index contributed by atoms with van der Waals surface area (Å²) >= 11 is 0. The number of hydrogen-bond acceptors (Lipinski definition) is 6. The molecule has 0 spiro atoms. The van der Waals surface area contributed by atoms with E-state index in [1.165, 1.54) is 29.7 Å². The van der Waals surface area contributed by atoms with Gasteiger partial charge in [-0.3, -0.25) is 9.69 Å². The molecule has 0 saturated carbocycles. The van der Waals surface area contributed by atoms with E-state index >= 15 is 0 Å². The quantitative estimate of drug-likeness (QED) is 0.646. The lowest BCUT2D eigenvalue weighted by molar-refractivity contribution is 0.0115. The first-order chi connectivity index (χ1) is 17.5. The number of rotatable bonds is 3. The van der Waals surface area contributed by atoms with Crippen LogP contribution in [0, 0.1) is 0 Å². The third-order valence-corrected chi connectivity index (χ3v) is 8.49. The van der Waals surface area contributed by atoms with Crippen LogP contribution in [0.2, 0.25) is 0 Å². The third-order valence-electron chi connectivity index (χ3n) is 8.49. The summed E-state index contributed by atoms with van der Waals surface area (Å²) in [4.78, 5) is 20.8. The highest BCUT2D eigenvalue weighted by molar-refractivity contribution is 5.98. The molecular formula is C29H37N3O4. The van der Waals surface area contributed by atoms with Gasteiger partial charge in [-0.05, 0) is 60.1 Å². The minimum Gasteiger partial charge on any atom is -0.454 e. The first-order valence-electron chi connectivity index (χ1n) is 13.4. The maximum atomic E-state index is 13.7. The fraction of sp³-hybridized carbons (Fsp3) is 0.552. The van der Waals surface area contributed by atoms with Crippen molar-refractivity contribution in [2.24, 2.45) is 0 Å². The van der Waals surface area contributed by atoms with Gasteiger partial charge in [0, 0.05) is 51.0 Å². The van der Waals surface area contributed by atoms with E-state index in [4.69, 9.17) is 14.2 Å². The molecule has 1 amide bonds. The summed E-state index contributed by atoms with van der Waals surface area (Å²) in [6, 6.07) is 13.2. The van der Waals surface area contributed by atoms with Crippen molar-refractivity contribution in [1.82, 2.24) is 9.80 Å². The molecule has 7 nitrogen and oxygen atoms in total. The molecule has 6 rings (SSSR count). The van der Waals surface area contributed by atoms with Crippen molar-refractivity contribution >= 4 is 11.6 Å². The summed E-state index contributed by atoms with van der Waals surface area (Å²) in [6.45, 7) is 12.1. The number of fused-ring (bicyclic) bond motifs is 2. The Morgan fingerprint density at radius 1 is 0.972 bits per heavy atom. The van der Waals surface area contributed by atoms with E-state index in [1.807, 2.05) is 23.1 Å². The first-order valence-corrected chi connectivity index (χ1v) is 13.4. The second-order valence-electron chi connectivity index (χ2n) is 11.1. The lowest BCUT2D eigenvalue weighted by atomic mass is 9.80. The summed E-state index contributed by atoms with van der Waals surface area (Å²) in [7, 11) is 0. The predicted octanol–water partition coefficient (Wildman–Crippen LogP) is 4.04. The lowest BCUT2D eigenvalue weighted by Gasteiger charge is -2.41. The van der Waals surface area contributed by atoms with Crippen LogP contribution in [0.1, 0.15) is 54.6 Å². The van der Waals surface area contributed by atoms with Crippen LogP contribution < -0.4 is 14.4 Å². The highest BCUT2D eigenvalue weighted by Crippen LogP contribution is 2.39. The molecule has 2 saturated heterocycles. The molecule has 2 fully saturated rings. The molecule has 7 heteroatoms. The Balaban J connectivity index is 1.21. The van der Waals surface area contributed by atoms with Gasteiger partial charge in [-0.2, -0.15) is 0 Å². The van der Waals surface area contributed by atoms with Crippen LogP contribution in [0.15, 0.2) is 36.4 Å². The fourth-order valence-corrected chi connectivity index (χ4v) is 6.28. The molecule has 36 heavy (non-hydrogen) atoms. The monoisotopic (exact) mass is 491 g/mol. The maximum Gasteiger partial charge on any atom is 0.258 e. The predicted molar refractivity (Wildman–Crippen MR) is 139 cm³/mol. The SMILES string of the molecule is CC1(C)CCN(C(=O)c2cccc3c2OCO3)Cc2cc(N3CCC(N4CCOCC4)CC3)ccc21. The van der Waals surface area contributed by atoms with Crippen molar-refractivity contribution < 1.29 is 19.0 Å². The largest absolute Gasteiger partial charge is 0.454 e. The highest BCUT2D eigenvalue weighted by Gasteiger charge is 2.33. The standard InChI is InChI=1S/C29H37N3O4/c1-29(2)10-13-32(28(33)24-4-3-5-26-27(24)36-20-35-26)19-21-18-23(6-7-25(21)29)30-11-8-22(9-12-30)31-14-16-34-17-15-31/h3-7,18,22H,8-17,19-20H2,1-2H3. The number of hydrogen-bond donors (Lipinski definition) is 0. The Bertz CT molecular complexity index is 1120. The summed E-state index contributed by atoms with van der Waals surface area (Å²) in [5.41, 5.74) is 4.47. The number of carbonyl (C=O) groups is 1. The van der Waals surface area contributed by atoms with Crippen molar-refractivity contribution in [2.75, 3.05) is 57.6 Å². The van der Waals surface area contributed by atoms with Gasteiger partial charge in [-0.1, -0.05) is 26.0 Å². The molecule has 0 aromatic heterocycles. The van der Waals surface area contributed by atoms with Gasteiger partial charge in [-0.15, -0.1) is 0 Å². The number of nitrogens with zero attached hydrogens (tertiary/aromatic N) is 3. The molecular weight excluding hydrogens is 454 g/mol. The summed E-state index contributed by atoms with van der Waals surface area (Å²) in [5, 5.41) is 0. The lowest BCUT2D eigenvalue weighted by Crippen LogP contribution is -2.49. The number of amides is 1. The smallest absolute Gasteiger partial charge is 0.258 e. The number of piperidine rings is 1. The Hall–Kier alpha value is -2.77. The van der Waals surface area contributed by atoms with Gasteiger partial charge in [-0.25, -0.2) is 0 Å². The molecule has 4 heterocycles. The van der Waals surface area contributed by atoms with E-state index in [9.17, 15) is 4.79 Å². The summed E-state index contributed by atoms with van der Waals surface area (Å²) in [5.74, 6) is 1.24. The summed E-state index contributed by atoms with van der Waals surface area (Å²) < 4.78 is 16.7. The molecule has 0 bridgehead atoms. The van der Waals surface area contributed by atoms with Crippen LogP contribution in [0.5, 0.6) is 11.5 Å². The van der Waals surface area contributed by atoms with Crippen molar-refractivity contribution in [3.63, 3.8) is 0 Å². The van der Waals surface area contributed by atoms with Crippen molar-refractivity contribution in [2.45, 2.75) is 51.1 Å². The molecule has 0 radical (unpaired) electrons. The number of anilines is 1. The van der Waals surface area contributed by atoms with Crippen molar-refractivity contribution in [1.29, 1.82) is 0 Å². The zero-order valence-electron chi connectivity index (χ0n) is 21.5. The average molecular weight is 492 g/mol. The van der Waals surface area contributed by atoms with Gasteiger partial charge in [0.1, 0.15) is 0 Å². The average Bonchev–Trinajstić information content (AvgIpc) is 3.35. The zero-order valence-corrected chi connectivity index (χ0v) is 21.5. The van der Waals surface area contributed by atoms with E-state index in [-0.39, 0.29) is 18.1 Å². The van der Waals surface area contributed by atoms with E-state index in [0.29, 0.717) is 36.2 Å². The second-order valence-corrected chi connectivity index (χ2v) is 11.1. The molecule has 0 aliphatic carbocycles. The highest BCUT2D eigenvalue weighted by atomic mass is 16.7. The van der Waals surface area contributed by atoms with E-state index in [0.717, 1.165) is 45.8 Å². The Labute approximate surface area is 213 Å². The number of para-hydroxylation sites is 1. The van der Waals surface area contributed by atoms with Gasteiger partial charge < -0.3 is 24.0 Å². The molecule has 0 N–H and O–H groups in total. The fourth-order valence-electron chi connectivity index (χ4n) is 6.28. The van der Waals surface area contributed by atoms with Crippen LogP contribution in [0.4, 0.5) is 5.69 Å². The van der Waals surface area contributed by atoms with E-state index < -0.39 is 0 Å². The Kier molecular flexibility index (Phi) is 6.30. The molecule has 0 unspecified atom stereocenters. The van der Waals surface area contributed by atoms with Crippen LogP contribution in [0.3, 0.4) is 0 Å². The molecule has 0 atom stereocenters. The molecule has 4 aliphatic rings. The van der Waals surface area contributed by atoms with E-state index in [2.05, 4.69) is 41.8 Å². The van der Waals surface area contributed by atoms with E-state index in [1.54, 1.807) is 0 Å². The third kappa shape index (κ3) is 4.43. The zero-order chi connectivity index (χ0) is 24.7. The second kappa shape index (κ2) is 9.60. The number of benzene rings is 2. The number of carbonyl (C=O) groups excluding carboxylic acids is 1. The topological polar surface area (TPSA) is 54.5 Å². The van der Waals surface area contributed by atoms with Crippen LogP contribution in [0.25, 0.3) is 0 Å². The van der Waals surface area contributed by atoms with Gasteiger partial charge >= 0.3 is 0 Å². The van der Waals surface area contributed by atoms with Crippen LogP contribution in [-0.2, 0) is 16.7 Å². The minimum absolute atomic E-state index is 0.00443. The van der Waals surface area contributed by atoms with Gasteiger partial charge in [0.25, 0.3) is 5.91 Å². The molecule has 2 aromatic rings. The maximum absolute atomic E-state index is 13.7. The van der Waals surface area contributed by atoms with Gasteiger partial charge in [0.2, 0.25) is 6.79 Å². The normalized spacial score (nSPS) is 22.3.